The monoisotopic (exact) mass is 482 g/mol. The van der Waals surface area contributed by atoms with Crippen LogP contribution in [-0.2, 0) is 11.2 Å². The van der Waals surface area contributed by atoms with Crippen molar-refractivity contribution >= 4 is 16.9 Å². The van der Waals surface area contributed by atoms with Gasteiger partial charge in [0.25, 0.3) is 0 Å². The number of methoxy groups -OCH3 is 1. The number of piperidine rings is 1. The van der Waals surface area contributed by atoms with Crippen molar-refractivity contribution in [3.8, 4) is 5.75 Å². The lowest BCUT2D eigenvalue weighted by atomic mass is 9.81. The fourth-order valence-electron chi connectivity index (χ4n) is 5.16. The summed E-state index contributed by atoms with van der Waals surface area (Å²) in [6.07, 6.45) is 3.52. The predicted molar refractivity (Wildman–Crippen MR) is 132 cm³/mol. The number of rotatable bonds is 10. The van der Waals surface area contributed by atoms with Crippen molar-refractivity contribution in [2.24, 2.45) is 11.8 Å². The number of pyridine rings is 1. The summed E-state index contributed by atoms with van der Waals surface area (Å²) in [5.41, 5.74) is 2.22. The Labute approximate surface area is 204 Å². The van der Waals surface area contributed by atoms with Crippen LogP contribution >= 0.6 is 0 Å². The Morgan fingerprint density at radius 1 is 1.26 bits per heavy atom. The van der Waals surface area contributed by atoms with E-state index in [0.29, 0.717) is 29.8 Å². The molecule has 186 valence electrons. The summed E-state index contributed by atoms with van der Waals surface area (Å²) >= 11 is 0. The minimum Gasteiger partial charge on any atom is -0.497 e. The molecule has 1 aliphatic heterocycles. The van der Waals surface area contributed by atoms with Gasteiger partial charge in [0, 0.05) is 18.1 Å². The number of hydrogen-bond donors (Lipinski definition) is 1. The van der Waals surface area contributed by atoms with Crippen molar-refractivity contribution in [2.75, 3.05) is 26.7 Å². The zero-order valence-electron chi connectivity index (χ0n) is 20.0. The van der Waals surface area contributed by atoms with Gasteiger partial charge in [-0.25, -0.2) is 8.78 Å². The van der Waals surface area contributed by atoms with Crippen LogP contribution in [0, 0.1) is 17.7 Å². The van der Waals surface area contributed by atoms with E-state index in [-0.39, 0.29) is 18.2 Å². The smallest absolute Gasteiger partial charge is 0.308 e. The van der Waals surface area contributed by atoms with Crippen LogP contribution < -0.4 is 4.74 Å². The molecule has 1 aliphatic rings. The van der Waals surface area contributed by atoms with Gasteiger partial charge in [-0.15, -0.1) is 0 Å². The van der Waals surface area contributed by atoms with Gasteiger partial charge in [0.1, 0.15) is 17.7 Å². The molecule has 1 saturated heterocycles. The molecule has 5 nitrogen and oxygen atoms in total. The van der Waals surface area contributed by atoms with E-state index in [9.17, 15) is 14.3 Å². The molecular formula is C28H32F2N2O3. The van der Waals surface area contributed by atoms with Crippen LogP contribution in [0.15, 0.2) is 54.7 Å². The standard InChI is InChI=1S/C28H32F2N2O3/c1-35-22-8-10-27-24(17-22)23(11-13-31-27)26(30)9-7-20-12-15-32(18-25(20)28(33)34)14-3-5-19-4-2-6-21(29)16-19/h2,4,6,8,10-11,13,16-17,20,25-26H,3,5,7,9,12,14-15,18H2,1H3,(H,33,34)/t20-,25+,26-/m1/s1. The van der Waals surface area contributed by atoms with E-state index in [1.54, 1.807) is 43.6 Å². The van der Waals surface area contributed by atoms with Crippen LogP contribution in [0.5, 0.6) is 5.75 Å². The topological polar surface area (TPSA) is 62.7 Å². The Bertz CT molecular complexity index is 1160. The summed E-state index contributed by atoms with van der Waals surface area (Å²) < 4.78 is 34.0. The Morgan fingerprint density at radius 2 is 2.11 bits per heavy atom. The average Bonchev–Trinajstić information content (AvgIpc) is 2.87. The molecule has 4 rings (SSSR count). The highest BCUT2D eigenvalue weighted by molar-refractivity contribution is 5.83. The van der Waals surface area contributed by atoms with Gasteiger partial charge < -0.3 is 14.7 Å². The highest BCUT2D eigenvalue weighted by Crippen LogP contribution is 2.35. The molecule has 0 bridgehead atoms. The summed E-state index contributed by atoms with van der Waals surface area (Å²) in [4.78, 5) is 18.5. The molecule has 3 aromatic rings. The Balaban J connectivity index is 1.33. The second-order valence-corrected chi connectivity index (χ2v) is 9.36. The second kappa shape index (κ2) is 11.6. The highest BCUT2D eigenvalue weighted by Gasteiger charge is 2.34. The van der Waals surface area contributed by atoms with E-state index in [1.165, 1.54) is 6.07 Å². The van der Waals surface area contributed by atoms with Crippen molar-refractivity contribution in [1.29, 1.82) is 0 Å². The number of benzene rings is 2. The summed E-state index contributed by atoms with van der Waals surface area (Å²) in [5, 5.41) is 10.6. The number of carbonyl (C=O) groups is 1. The molecular weight excluding hydrogens is 450 g/mol. The lowest BCUT2D eigenvalue weighted by Crippen LogP contribution is -2.44. The lowest BCUT2D eigenvalue weighted by Gasteiger charge is -2.37. The fraction of sp³-hybridized carbons (Fsp3) is 0.429. The van der Waals surface area contributed by atoms with Gasteiger partial charge in [-0.3, -0.25) is 9.78 Å². The molecule has 1 aromatic heterocycles. The first kappa shape index (κ1) is 25.0. The number of alkyl halides is 1. The number of halogens is 2. The van der Waals surface area contributed by atoms with Crippen molar-refractivity contribution in [1.82, 2.24) is 9.88 Å². The maximum Gasteiger partial charge on any atom is 0.308 e. The summed E-state index contributed by atoms with van der Waals surface area (Å²) in [6, 6.07) is 13.7. The van der Waals surface area contributed by atoms with Gasteiger partial charge in [0.15, 0.2) is 0 Å². The number of carboxylic acid groups (broad SMARTS) is 1. The van der Waals surface area contributed by atoms with E-state index >= 15 is 4.39 Å². The van der Waals surface area contributed by atoms with Gasteiger partial charge in [-0.2, -0.15) is 0 Å². The SMILES string of the molecule is COc1ccc2nccc([C@H](F)CC[C@@H]3CCN(CCCc4cccc(F)c4)C[C@@H]3C(=O)O)c2c1. The number of aromatic nitrogens is 1. The van der Waals surface area contributed by atoms with Gasteiger partial charge in [-0.05, 0) is 98.6 Å². The largest absolute Gasteiger partial charge is 0.497 e. The minimum atomic E-state index is -1.20. The average molecular weight is 483 g/mol. The second-order valence-electron chi connectivity index (χ2n) is 9.36. The molecule has 0 amide bonds. The van der Waals surface area contributed by atoms with Crippen molar-refractivity contribution < 1.29 is 23.4 Å². The maximum atomic E-state index is 15.4. The zero-order valence-corrected chi connectivity index (χ0v) is 20.0. The molecule has 35 heavy (non-hydrogen) atoms. The van der Waals surface area contributed by atoms with Gasteiger partial charge in [-0.1, -0.05) is 12.1 Å². The third-order valence-corrected chi connectivity index (χ3v) is 7.10. The van der Waals surface area contributed by atoms with Gasteiger partial charge in [0.05, 0.1) is 18.5 Å². The molecule has 1 N–H and O–H groups in total. The minimum absolute atomic E-state index is 0.0622. The molecule has 0 saturated carbocycles. The molecule has 2 heterocycles. The van der Waals surface area contributed by atoms with E-state index in [4.69, 9.17) is 4.74 Å². The molecule has 0 unspecified atom stereocenters. The number of aryl methyl sites for hydroxylation is 1. The fourth-order valence-corrected chi connectivity index (χ4v) is 5.16. The number of carboxylic acids is 1. The van der Waals surface area contributed by atoms with E-state index in [0.717, 1.165) is 43.3 Å². The summed E-state index contributed by atoms with van der Waals surface area (Å²) in [7, 11) is 1.57. The molecule has 0 spiro atoms. The Morgan fingerprint density at radius 3 is 2.89 bits per heavy atom. The van der Waals surface area contributed by atoms with Gasteiger partial charge in [0.2, 0.25) is 0 Å². The molecule has 3 atom stereocenters. The van der Waals surface area contributed by atoms with Crippen molar-refractivity contribution in [3.05, 3.63) is 71.7 Å². The molecule has 2 aromatic carbocycles. The summed E-state index contributed by atoms with van der Waals surface area (Å²) in [5.74, 6) is -0.986. The normalized spacial score (nSPS) is 19.5. The summed E-state index contributed by atoms with van der Waals surface area (Å²) in [6.45, 7) is 2.03. The zero-order chi connectivity index (χ0) is 24.8. The number of nitrogens with zero attached hydrogens (tertiary/aromatic N) is 2. The molecule has 7 heteroatoms. The first-order valence-corrected chi connectivity index (χ1v) is 12.2. The third kappa shape index (κ3) is 6.34. The Hall–Kier alpha value is -3.06. The number of fused-ring (bicyclic) bond motifs is 1. The molecule has 0 radical (unpaired) electrons. The van der Waals surface area contributed by atoms with Crippen LogP contribution in [0.2, 0.25) is 0 Å². The van der Waals surface area contributed by atoms with Crippen LogP contribution in [-0.4, -0.2) is 47.7 Å². The van der Waals surface area contributed by atoms with Crippen LogP contribution in [0.25, 0.3) is 10.9 Å². The van der Waals surface area contributed by atoms with E-state index in [1.807, 2.05) is 12.1 Å². The van der Waals surface area contributed by atoms with Gasteiger partial charge >= 0.3 is 5.97 Å². The van der Waals surface area contributed by atoms with Crippen LogP contribution in [0.3, 0.4) is 0 Å². The van der Waals surface area contributed by atoms with Crippen molar-refractivity contribution in [3.63, 3.8) is 0 Å². The number of hydrogen-bond acceptors (Lipinski definition) is 4. The predicted octanol–water partition coefficient (Wildman–Crippen LogP) is 5.83. The highest BCUT2D eigenvalue weighted by atomic mass is 19.1. The number of likely N-dealkylation sites (tertiary alicyclic amines) is 1. The van der Waals surface area contributed by atoms with E-state index < -0.39 is 18.1 Å². The Kier molecular flexibility index (Phi) is 8.29. The quantitative estimate of drug-likeness (QED) is 0.394. The number of ether oxygens (including phenoxy) is 1. The molecule has 0 aliphatic carbocycles. The van der Waals surface area contributed by atoms with E-state index in [2.05, 4.69) is 9.88 Å². The lowest BCUT2D eigenvalue weighted by molar-refractivity contribution is -0.146. The first-order valence-electron chi connectivity index (χ1n) is 12.2. The maximum absolute atomic E-state index is 15.4. The number of aliphatic carboxylic acids is 1. The first-order chi connectivity index (χ1) is 16.9. The van der Waals surface area contributed by atoms with Crippen LogP contribution in [0.4, 0.5) is 8.78 Å². The van der Waals surface area contributed by atoms with Crippen LogP contribution in [0.1, 0.15) is 43.0 Å². The third-order valence-electron chi connectivity index (χ3n) is 7.10. The van der Waals surface area contributed by atoms with Crippen molar-refractivity contribution in [2.45, 2.75) is 38.3 Å². The molecule has 1 fully saturated rings.